The largest absolute Gasteiger partial charge is 0.367 e. The molecule has 0 amide bonds. The van der Waals surface area contributed by atoms with Crippen molar-refractivity contribution in [3.05, 3.63) is 60.4 Å². The number of benzene rings is 2. The van der Waals surface area contributed by atoms with Crippen LogP contribution in [0.25, 0.3) is 16.8 Å². The number of halogens is 1. The summed E-state index contributed by atoms with van der Waals surface area (Å²) in [5, 5.41) is 0. The number of likely N-dealkylation sites (tertiary alicyclic amines) is 2. The predicted octanol–water partition coefficient (Wildman–Crippen LogP) is 5.75. The van der Waals surface area contributed by atoms with Crippen LogP contribution in [0.2, 0.25) is 0 Å². The highest BCUT2D eigenvalue weighted by Crippen LogP contribution is 2.32. The molecule has 2 aliphatic heterocycles. The summed E-state index contributed by atoms with van der Waals surface area (Å²) in [6.07, 6.45) is 7.02. The van der Waals surface area contributed by atoms with Crippen molar-refractivity contribution in [2.45, 2.75) is 36.6 Å². The molecule has 1 unspecified atom stereocenters. The maximum atomic E-state index is 15.0. The maximum absolute atomic E-state index is 15.0. The van der Waals surface area contributed by atoms with Gasteiger partial charge in [-0.05, 0) is 80.4 Å². The van der Waals surface area contributed by atoms with Crippen LogP contribution in [0.5, 0.6) is 0 Å². The number of hydrogen-bond donors (Lipinski definition) is 0. The van der Waals surface area contributed by atoms with Gasteiger partial charge < -0.3 is 9.80 Å². The Morgan fingerprint density at radius 2 is 1.75 bits per heavy atom. The van der Waals surface area contributed by atoms with Gasteiger partial charge in [-0.25, -0.2) is 4.39 Å². The first-order chi connectivity index (χ1) is 13.7. The van der Waals surface area contributed by atoms with E-state index < -0.39 is 0 Å². The molecule has 4 rings (SSSR count). The van der Waals surface area contributed by atoms with Crippen molar-refractivity contribution in [2.75, 3.05) is 32.4 Å². The van der Waals surface area contributed by atoms with Gasteiger partial charge in [0.15, 0.2) is 0 Å². The van der Waals surface area contributed by atoms with E-state index in [1.54, 1.807) is 17.8 Å². The van der Waals surface area contributed by atoms with Gasteiger partial charge in [0.1, 0.15) is 5.82 Å². The quantitative estimate of drug-likeness (QED) is 0.575. The lowest BCUT2D eigenvalue weighted by Crippen LogP contribution is -2.38. The van der Waals surface area contributed by atoms with Crippen LogP contribution in [0.15, 0.2) is 53.9 Å². The summed E-state index contributed by atoms with van der Waals surface area (Å²) < 4.78 is 15.0. The van der Waals surface area contributed by atoms with Gasteiger partial charge in [0.2, 0.25) is 0 Å². The Balaban J connectivity index is 1.50. The number of rotatable bonds is 6. The normalized spacial score (nSPS) is 20.1. The SMILES string of the molecule is C=C(c1ccc(-c2ccc(SC)cc2)cc1F)N1CCCC1CN1CCCC1. The molecule has 0 saturated carbocycles. The van der Waals surface area contributed by atoms with Gasteiger partial charge in [-0.15, -0.1) is 11.8 Å². The van der Waals surface area contributed by atoms with E-state index in [1.807, 2.05) is 12.1 Å². The molecule has 0 aliphatic carbocycles. The number of thioether (sulfide) groups is 1. The molecule has 2 saturated heterocycles. The van der Waals surface area contributed by atoms with Gasteiger partial charge in [-0.1, -0.05) is 24.8 Å². The highest BCUT2D eigenvalue weighted by molar-refractivity contribution is 7.98. The molecule has 2 heterocycles. The summed E-state index contributed by atoms with van der Waals surface area (Å²) in [7, 11) is 0. The highest BCUT2D eigenvalue weighted by atomic mass is 32.2. The maximum Gasteiger partial charge on any atom is 0.133 e. The van der Waals surface area contributed by atoms with Crippen molar-refractivity contribution in [1.82, 2.24) is 9.80 Å². The Kier molecular flexibility index (Phi) is 6.07. The molecule has 28 heavy (non-hydrogen) atoms. The topological polar surface area (TPSA) is 6.48 Å². The predicted molar refractivity (Wildman–Crippen MR) is 118 cm³/mol. The van der Waals surface area contributed by atoms with Crippen molar-refractivity contribution in [3.63, 3.8) is 0 Å². The molecule has 1 atom stereocenters. The van der Waals surface area contributed by atoms with Crippen molar-refractivity contribution in [2.24, 2.45) is 0 Å². The van der Waals surface area contributed by atoms with Crippen molar-refractivity contribution in [3.8, 4) is 11.1 Å². The second-order valence-corrected chi connectivity index (χ2v) is 8.75. The fraction of sp³-hybridized carbons (Fsp3) is 0.417. The van der Waals surface area contributed by atoms with Crippen LogP contribution in [-0.2, 0) is 0 Å². The monoisotopic (exact) mass is 396 g/mol. The Morgan fingerprint density at radius 1 is 1.04 bits per heavy atom. The molecule has 0 aromatic heterocycles. The molecule has 2 nitrogen and oxygen atoms in total. The molecular weight excluding hydrogens is 367 g/mol. The third-order valence-corrected chi connectivity index (χ3v) is 6.84. The minimum atomic E-state index is -0.178. The molecule has 2 aromatic rings. The lowest BCUT2D eigenvalue weighted by atomic mass is 10.0. The minimum absolute atomic E-state index is 0.178. The van der Waals surface area contributed by atoms with Crippen LogP contribution in [0.3, 0.4) is 0 Å². The van der Waals surface area contributed by atoms with E-state index in [1.165, 1.54) is 43.7 Å². The van der Waals surface area contributed by atoms with Crippen molar-refractivity contribution in [1.29, 1.82) is 0 Å². The van der Waals surface area contributed by atoms with Crippen LogP contribution in [0.1, 0.15) is 31.2 Å². The smallest absolute Gasteiger partial charge is 0.133 e. The first kappa shape index (κ1) is 19.5. The van der Waals surface area contributed by atoms with Crippen LogP contribution in [0, 0.1) is 5.82 Å². The van der Waals surface area contributed by atoms with E-state index in [9.17, 15) is 0 Å². The third-order valence-electron chi connectivity index (χ3n) is 6.09. The lowest BCUT2D eigenvalue weighted by molar-refractivity contribution is 0.245. The van der Waals surface area contributed by atoms with Gasteiger partial charge in [-0.2, -0.15) is 0 Å². The fourth-order valence-corrected chi connectivity index (χ4v) is 4.92. The standard InChI is InChI=1S/C24H29FN2S/c1-18(27-15-5-6-21(27)17-26-13-3-4-14-26)23-12-9-20(16-24(23)25)19-7-10-22(28-2)11-8-19/h7-12,16,21H,1,3-6,13-15,17H2,2H3. The van der Waals surface area contributed by atoms with Gasteiger partial charge in [0.05, 0.1) is 0 Å². The second kappa shape index (κ2) is 8.71. The molecule has 0 radical (unpaired) electrons. The Bertz CT molecular complexity index is 827. The molecule has 2 aromatic carbocycles. The average Bonchev–Trinajstić information content (AvgIpc) is 3.40. The van der Waals surface area contributed by atoms with Crippen LogP contribution < -0.4 is 0 Å². The Morgan fingerprint density at radius 3 is 2.43 bits per heavy atom. The highest BCUT2D eigenvalue weighted by Gasteiger charge is 2.29. The third kappa shape index (κ3) is 4.13. The summed E-state index contributed by atoms with van der Waals surface area (Å²) in [6, 6.07) is 14.3. The zero-order chi connectivity index (χ0) is 19.5. The van der Waals surface area contributed by atoms with E-state index in [2.05, 4.69) is 46.9 Å². The van der Waals surface area contributed by atoms with E-state index >= 15 is 4.39 Å². The van der Waals surface area contributed by atoms with E-state index in [4.69, 9.17) is 0 Å². The van der Waals surface area contributed by atoms with E-state index in [0.717, 1.165) is 29.9 Å². The summed E-state index contributed by atoms with van der Waals surface area (Å²) in [5.74, 6) is -0.178. The molecule has 148 valence electrons. The van der Waals surface area contributed by atoms with Crippen LogP contribution in [0.4, 0.5) is 4.39 Å². The van der Waals surface area contributed by atoms with Crippen LogP contribution in [-0.4, -0.2) is 48.3 Å². The molecule has 2 aliphatic rings. The first-order valence-electron chi connectivity index (χ1n) is 10.3. The average molecular weight is 397 g/mol. The molecule has 0 spiro atoms. The van der Waals surface area contributed by atoms with Gasteiger partial charge in [0, 0.05) is 35.3 Å². The van der Waals surface area contributed by atoms with Gasteiger partial charge >= 0.3 is 0 Å². The van der Waals surface area contributed by atoms with Crippen molar-refractivity contribution >= 4 is 17.5 Å². The Hall–Kier alpha value is -1.78. The minimum Gasteiger partial charge on any atom is -0.367 e. The zero-order valence-corrected chi connectivity index (χ0v) is 17.5. The second-order valence-electron chi connectivity index (χ2n) is 7.87. The number of nitrogens with zero attached hydrogens (tertiary/aromatic N) is 2. The molecule has 2 fully saturated rings. The van der Waals surface area contributed by atoms with E-state index in [0.29, 0.717) is 11.6 Å². The summed E-state index contributed by atoms with van der Waals surface area (Å²) in [6.45, 7) is 8.75. The van der Waals surface area contributed by atoms with Gasteiger partial charge in [-0.3, -0.25) is 0 Å². The molecule has 4 heteroatoms. The molecular formula is C24H29FN2S. The van der Waals surface area contributed by atoms with E-state index in [-0.39, 0.29) is 5.82 Å². The molecule has 0 bridgehead atoms. The van der Waals surface area contributed by atoms with Crippen LogP contribution >= 0.6 is 11.8 Å². The number of hydrogen-bond acceptors (Lipinski definition) is 3. The summed E-state index contributed by atoms with van der Waals surface area (Å²) in [4.78, 5) is 6.10. The van der Waals surface area contributed by atoms with Crippen molar-refractivity contribution < 1.29 is 4.39 Å². The lowest BCUT2D eigenvalue weighted by Gasteiger charge is -2.32. The Labute approximate surface area is 172 Å². The fourth-order valence-electron chi connectivity index (χ4n) is 4.51. The summed E-state index contributed by atoms with van der Waals surface area (Å²) in [5.41, 5.74) is 3.43. The first-order valence-corrected chi connectivity index (χ1v) is 11.5. The zero-order valence-electron chi connectivity index (χ0n) is 16.7. The van der Waals surface area contributed by atoms with Gasteiger partial charge in [0.25, 0.3) is 0 Å². The molecule has 0 N–H and O–H groups in total. The summed E-state index contributed by atoms with van der Waals surface area (Å²) >= 11 is 1.71.